The number of hydrogen-bond donors (Lipinski definition) is 2. The van der Waals surface area contributed by atoms with Crippen LogP contribution in [0.15, 0.2) is 65.5 Å². The van der Waals surface area contributed by atoms with E-state index in [2.05, 4.69) is 15.6 Å². The van der Waals surface area contributed by atoms with Crippen LogP contribution in [0, 0.1) is 0 Å². The fraction of sp³-hybridized carbons (Fsp3) is 0.227. The van der Waals surface area contributed by atoms with Crippen molar-refractivity contribution >= 4 is 23.2 Å². The monoisotopic (exact) mass is 409 g/mol. The first kappa shape index (κ1) is 20.5. The van der Waals surface area contributed by atoms with Crippen LogP contribution in [0.5, 0.6) is 5.75 Å². The number of benzene rings is 2. The summed E-state index contributed by atoms with van der Waals surface area (Å²) in [6.45, 7) is 2.79. The number of thiazole rings is 1. The average molecular weight is 410 g/mol. The highest BCUT2D eigenvalue weighted by molar-refractivity contribution is 7.07. The maximum Gasteiger partial charge on any atom is 0.251 e. The molecule has 0 aliphatic carbocycles. The quantitative estimate of drug-likeness (QED) is 0.569. The molecule has 0 aliphatic heterocycles. The number of hydrogen-bond acceptors (Lipinski definition) is 5. The third-order valence-corrected chi connectivity index (χ3v) is 4.89. The van der Waals surface area contributed by atoms with Crippen LogP contribution < -0.4 is 15.4 Å². The molecule has 150 valence electrons. The molecule has 1 heterocycles. The van der Waals surface area contributed by atoms with E-state index in [4.69, 9.17) is 4.74 Å². The summed E-state index contributed by atoms with van der Waals surface area (Å²) in [6.07, 6.45) is 0.395. The highest BCUT2D eigenvalue weighted by Crippen LogP contribution is 2.13. The van der Waals surface area contributed by atoms with Gasteiger partial charge < -0.3 is 15.4 Å². The Labute approximate surface area is 173 Å². The second-order valence-corrected chi connectivity index (χ2v) is 7.09. The first-order chi connectivity index (χ1) is 14.2. The predicted octanol–water partition coefficient (Wildman–Crippen LogP) is 3.20. The lowest BCUT2D eigenvalue weighted by molar-refractivity contribution is -0.123. The van der Waals surface area contributed by atoms with Gasteiger partial charge >= 0.3 is 0 Å². The molecule has 1 aromatic heterocycles. The Morgan fingerprint density at radius 2 is 1.86 bits per heavy atom. The van der Waals surface area contributed by atoms with Crippen LogP contribution >= 0.6 is 11.3 Å². The first-order valence-electron chi connectivity index (χ1n) is 9.38. The van der Waals surface area contributed by atoms with E-state index in [0.717, 1.165) is 11.3 Å². The standard InChI is InChI=1S/C22H23N3O3S/c1-2-28-19-10-8-17(9-11-19)21(26)25-20(12-16-6-4-3-5-7-16)22(27)23-13-18-14-29-15-24-18/h3-11,14-15,20H,2,12-13H2,1H3,(H,23,27)(H,25,26)/t20-/m1/s1. The van der Waals surface area contributed by atoms with Crippen molar-refractivity contribution in [3.8, 4) is 5.75 Å². The lowest BCUT2D eigenvalue weighted by Gasteiger charge is -2.19. The Morgan fingerprint density at radius 3 is 2.52 bits per heavy atom. The molecule has 2 amide bonds. The third-order valence-electron chi connectivity index (χ3n) is 4.26. The molecule has 0 spiro atoms. The van der Waals surface area contributed by atoms with Crippen molar-refractivity contribution in [2.24, 2.45) is 0 Å². The molecule has 0 saturated heterocycles. The van der Waals surface area contributed by atoms with E-state index in [0.29, 0.717) is 30.9 Å². The van der Waals surface area contributed by atoms with Gasteiger partial charge in [0.15, 0.2) is 0 Å². The number of rotatable bonds is 9. The molecule has 0 aliphatic rings. The lowest BCUT2D eigenvalue weighted by atomic mass is 10.0. The first-order valence-corrected chi connectivity index (χ1v) is 10.3. The van der Waals surface area contributed by atoms with E-state index in [-0.39, 0.29) is 11.8 Å². The van der Waals surface area contributed by atoms with E-state index in [1.54, 1.807) is 29.8 Å². The van der Waals surface area contributed by atoms with Crippen LogP contribution in [-0.4, -0.2) is 29.4 Å². The van der Waals surface area contributed by atoms with Gasteiger partial charge in [-0.2, -0.15) is 0 Å². The van der Waals surface area contributed by atoms with Gasteiger partial charge in [-0.25, -0.2) is 4.98 Å². The zero-order valence-corrected chi connectivity index (χ0v) is 16.9. The molecule has 0 fully saturated rings. The maximum absolute atomic E-state index is 12.8. The van der Waals surface area contributed by atoms with Crippen LogP contribution in [0.2, 0.25) is 0 Å². The minimum atomic E-state index is -0.699. The van der Waals surface area contributed by atoms with E-state index < -0.39 is 6.04 Å². The van der Waals surface area contributed by atoms with Crippen molar-refractivity contribution in [1.82, 2.24) is 15.6 Å². The second-order valence-electron chi connectivity index (χ2n) is 6.37. The molecule has 1 atom stereocenters. The highest BCUT2D eigenvalue weighted by atomic mass is 32.1. The fourth-order valence-corrected chi connectivity index (χ4v) is 3.35. The Balaban J connectivity index is 1.69. The van der Waals surface area contributed by atoms with Crippen molar-refractivity contribution in [1.29, 1.82) is 0 Å². The van der Waals surface area contributed by atoms with Gasteiger partial charge in [-0.1, -0.05) is 30.3 Å². The van der Waals surface area contributed by atoms with E-state index in [9.17, 15) is 9.59 Å². The number of aromatic nitrogens is 1. The summed E-state index contributed by atoms with van der Waals surface area (Å²) in [4.78, 5) is 29.7. The van der Waals surface area contributed by atoms with Gasteiger partial charge in [-0.05, 0) is 36.8 Å². The number of nitrogens with zero attached hydrogens (tertiary/aromatic N) is 1. The molecular weight excluding hydrogens is 386 g/mol. The maximum atomic E-state index is 12.8. The summed E-state index contributed by atoms with van der Waals surface area (Å²) in [5, 5.41) is 7.59. The van der Waals surface area contributed by atoms with Gasteiger partial charge in [0, 0.05) is 17.4 Å². The minimum absolute atomic E-state index is 0.249. The van der Waals surface area contributed by atoms with Crippen molar-refractivity contribution in [2.75, 3.05) is 6.61 Å². The Hall–Kier alpha value is -3.19. The number of ether oxygens (including phenoxy) is 1. The Morgan fingerprint density at radius 1 is 1.10 bits per heavy atom. The molecule has 0 unspecified atom stereocenters. The molecule has 0 saturated carbocycles. The van der Waals surface area contributed by atoms with Crippen molar-refractivity contribution in [3.05, 3.63) is 82.3 Å². The summed E-state index contributed by atoms with van der Waals surface area (Å²) in [5.41, 5.74) is 3.95. The van der Waals surface area contributed by atoms with Crippen LogP contribution in [0.1, 0.15) is 28.5 Å². The van der Waals surface area contributed by atoms with E-state index in [1.807, 2.05) is 42.6 Å². The Bertz CT molecular complexity index is 912. The van der Waals surface area contributed by atoms with Crippen LogP contribution in [0.3, 0.4) is 0 Å². The topological polar surface area (TPSA) is 80.3 Å². The van der Waals surface area contributed by atoms with Crippen molar-refractivity contribution in [3.63, 3.8) is 0 Å². The largest absolute Gasteiger partial charge is 0.494 e. The number of nitrogens with one attached hydrogen (secondary N) is 2. The van der Waals surface area contributed by atoms with Gasteiger partial charge in [-0.15, -0.1) is 11.3 Å². The van der Waals surface area contributed by atoms with E-state index >= 15 is 0 Å². The molecule has 2 aromatic carbocycles. The molecule has 6 nitrogen and oxygen atoms in total. The van der Waals surface area contributed by atoms with Gasteiger partial charge in [-0.3, -0.25) is 9.59 Å². The molecule has 29 heavy (non-hydrogen) atoms. The fourth-order valence-electron chi connectivity index (χ4n) is 2.80. The molecule has 2 N–H and O–H groups in total. The molecule has 0 bridgehead atoms. The average Bonchev–Trinajstić information content (AvgIpc) is 3.27. The van der Waals surface area contributed by atoms with Crippen LogP contribution in [-0.2, 0) is 17.8 Å². The SMILES string of the molecule is CCOc1ccc(C(=O)N[C@H](Cc2ccccc2)C(=O)NCc2cscn2)cc1. The zero-order chi connectivity index (χ0) is 20.5. The van der Waals surface area contributed by atoms with Crippen molar-refractivity contribution in [2.45, 2.75) is 25.9 Å². The summed E-state index contributed by atoms with van der Waals surface area (Å²) in [6, 6.07) is 15.8. The molecule has 3 rings (SSSR count). The van der Waals surface area contributed by atoms with Crippen LogP contribution in [0.25, 0.3) is 0 Å². The number of carbonyl (C=O) groups excluding carboxylic acids is 2. The Kier molecular flexibility index (Phi) is 7.35. The predicted molar refractivity (Wildman–Crippen MR) is 113 cm³/mol. The van der Waals surface area contributed by atoms with Gasteiger partial charge in [0.25, 0.3) is 5.91 Å². The summed E-state index contributed by atoms with van der Waals surface area (Å²) >= 11 is 1.47. The normalized spacial score (nSPS) is 11.5. The third kappa shape index (κ3) is 6.15. The van der Waals surface area contributed by atoms with Crippen molar-refractivity contribution < 1.29 is 14.3 Å². The smallest absolute Gasteiger partial charge is 0.251 e. The minimum Gasteiger partial charge on any atom is -0.494 e. The number of carbonyl (C=O) groups is 2. The lowest BCUT2D eigenvalue weighted by Crippen LogP contribution is -2.47. The molecular formula is C22H23N3O3S. The molecule has 3 aromatic rings. The second kappa shape index (κ2) is 10.4. The van der Waals surface area contributed by atoms with Gasteiger partial charge in [0.05, 0.1) is 24.4 Å². The zero-order valence-electron chi connectivity index (χ0n) is 16.1. The summed E-state index contributed by atoms with van der Waals surface area (Å²) in [5.74, 6) is 0.143. The van der Waals surface area contributed by atoms with Gasteiger partial charge in [0.2, 0.25) is 5.91 Å². The number of amides is 2. The highest BCUT2D eigenvalue weighted by Gasteiger charge is 2.22. The van der Waals surface area contributed by atoms with Crippen LogP contribution in [0.4, 0.5) is 0 Å². The summed E-state index contributed by atoms with van der Waals surface area (Å²) < 4.78 is 5.41. The molecule has 7 heteroatoms. The van der Waals surface area contributed by atoms with E-state index in [1.165, 1.54) is 11.3 Å². The summed E-state index contributed by atoms with van der Waals surface area (Å²) in [7, 11) is 0. The molecule has 0 radical (unpaired) electrons. The van der Waals surface area contributed by atoms with Gasteiger partial charge in [0.1, 0.15) is 11.8 Å².